The SMILES string of the molecule is Brc1csc(CNCCOCc2ccco2)c1. The van der Waals surface area contributed by atoms with Gasteiger partial charge in [-0.15, -0.1) is 11.3 Å². The lowest BCUT2D eigenvalue weighted by atomic mass is 10.4. The zero-order valence-electron chi connectivity index (χ0n) is 9.32. The van der Waals surface area contributed by atoms with Gasteiger partial charge < -0.3 is 14.5 Å². The van der Waals surface area contributed by atoms with Gasteiger partial charge in [-0.05, 0) is 34.1 Å². The number of thiophene rings is 1. The molecule has 2 aromatic heterocycles. The molecule has 0 bridgehead atoms. The van der Waals surface area contributed by atoms with Crippen molar-refractivity contribution < 1.29 is 9.15 Å². The average Bonchev–Trinajstić information content (AvgIpc) is 2.95. The predicted molar refractivity (Wildman–Crippen MR) is 72.1 cm³/mol. The summed E-state index contributed by atoms with van der Waals surface area (Å²) in [5, 5.41) is 5.42. The van der Waals surface area contributed by atoms with E-state index < -0.39 is 0 Å². The van der Waals surface area contributed by atoms with Crippen LogP contribution in [0.15, 0.2) is 38.7 Å². The van der Waals surface area contributed by atoms with Crippen LogP contribution in [0.2, 0.25) is 0 Å². The maximum atomic E-state index is 5.46. The first-order valence-electron chi connectivity index (χ1n) is 5.38. The summed E-state index contributed by atoms with van der Waals surface area (Å²) >= 11 is 5.18. The van der Waals surface area contributed by atoms with Gasteiger partial charge in [0.2, 0.25) is 0 Å². The third-order valence-corrected chi connectivity index (χ3v) is 3.87. The van der Waals surface area contributed by atoms with Crippen molar-refractivity contribution in [2.75, 3.05) is 13.2 Å². The van der Waals surface area contributed by atoms with Gasteiger partial charge in [-0.1, -0.05) is 0 Å². The second-order valence-corrected chi connectivity index (χ2v) is 5.45. The summed E-state index contributed by atoms with van der Waals surface area (Å²) in [6.45, 7) is 2.96. The number of hydrogen-bond acceptors (Lipinski definition) is 4. The summed E-state index contributed by atoms with van der Waals surface area (Å²) in [4.78, 5) is 1.32. The normalized spacial score (nSPS) is 10.9. The molecule has 0 aromatic carbocycles. The lowest BCUT2D eigenvalue weighted by Crippen LogP contribution is -2.18. The molecule has 2 aromatic rings. The van der Waals surface area contributed by atoms with Gasteiger partial charge >= 0.3 is 0 Å². The van der Waals surface area contributed by atoms with Crippen molar-refractivity contribution in [3.8, 4) is 0 Å². The van der Waals surface area contributed by atoms with E-state index >= 15 is 0 Å². The van der Waals surface area contributed by atoms with Crippen molar-refractivity contribution in [1.82, 2.24) is 5.32 Å². The molecule has 0 saturated carbocycles. The third-order valence-electron chi connectivity index (χ3n) is 2.17. The molecule has 0 unspecified atom stereocenters. The summed E-state index contributed by atoms with van der Waals surface area (Å²) in [7, 11) is 0. The van der Waals surface area contributed by atoms with E-state index in [2.05, 4.69) is 32.7 Å². The van der Waals surface area contributed by atoms with E-state index in [9.17, 15) is 0 Å². The second-order valence-electron chi connectivity index (χ2n) is 3.54. The summed E-state index contributed by atoms with van der Waals surface area (Å²) in [5.41, 5.74) is 0. The largest absolute Gasteiger partial charge is 0.467 e. The van der Waals surface area contributed by atoms with Gasteiger partial charge in [0, 0.05) is 27.8 Å². The van der Waals surface area contributed by atoms with Crippen molar-refractivity contribution in [2.24, 2.45) is 0 Å². The van der Waals surface area contributed by atoms with Crippen LogP contribution in [0, 0.1) is 0 Å². The van der Waals surface area contributed by atoms with Crippen molar-refractivity contribution >= 4 is 27.3 Å². The highest BCUT2D eigenvalue weighted by atomic mass is 79.9. The molecule has 2 rings (SSSR count). The van der Waals surface area contributed by atoms with Gasteiger partial charge in [0.05, 0.1) is 12.9 Å². The fourth-order valence-corrected chi connectivity index (χ4v) is 2.79. The van der Waals surface area contributed by atoms with E-state index in [1.807, 2.05) is 12.1 Å². The van der Waals surface area contributed by atoms with Gasteiger partial charge in [-0.25, -0.2) is 0 Å². The van der Waals surface area contributed by atoms with E-state index in [1.165, 1.54) is 4.88 Å². The minimum absolute atomic E-state index is 0.541. The second kappa shape index (κ2) is 6.96. The van der Waals surface area contributed by atoms with Crippen molar-refractivity contribution in [1.29, 1.82) is 0 Å². The summed E-state index contributed by atoms with van der Waals surface area (Å²) in [6.07, 6.45) is 1.66. The number of halogens is 1. The fourth-order valence-electron chi connectivity index (χ4n) is 1.37. The average molecular weight is 316 g/mol. The number of rotatable bonds is 7. The van der Waals surface area contributed by atoms with Gasteiger partial charge in [-0.3, -0.25) is 0 Å². The number of ether oxygens (including phenoxy) is 1. The maximum absolute atomic E-state index is 5.46. The molecular weight excluding hydrogens is 302 g/mol. The molecule has 0 fully saturated rings. The van der Waals surface area contributed by atoms with Crippen LogP contribution < -0.4 is 5.32 Å². The van der Waals surface area contributed by atoms with Gasteiger partial charge in [-0.2, -0.15) is 0 Å². The molecule has 17 heavy (non-hydrogen) atoms. The van der Waals surface area contributed by atoms with Crippen LogP contribution in [0.3, 0.4) is 0 Å². The molecule has 1 N–H and O–H groups in total. The zero-order chi connectivity index (χ0) is 11.9. The number of nitrogens with one attached hydrogen (secondary N) is 1. The highest BCUT2D eigenvalue weighted by Crippen LogP contribution is 2.19. The monoisotopic (exact) mass is 315 g/mol. The number of furan rings is 1. The maximum Gasteiger partial charge on any atom is 0.129 e. The van der Waals surface area contributed by atoms with Gasteiger partial charge in [0.1, 0.15) is 12.4 Å². The molecule has 0 amide bonds. The Balaban J connectivity index is 1.52. The third kappa shape index (κ3) is 4.63. The zero-order valence-corrected chi connectivity index (χ0v) is 11.7. The topological polar surface area (TPSA) is 34.4 Å². The number of hydrogen-bond donors (Lipinski definition) is 1. The minimum Gasteiger partial charge on any atom is -0.467 e. The summed E-state index contributed by atoms with van der Waals surface area (Å²) in [6, 6.07) is 5.91. The Morgan fingerprint density at radius 2 is 2.41 bits per heavy atom. The fraction of sp³-hybridized carbons (Fsp3) is 0.333. The Hall–Kier alpha value is -0.620. The Bertz CT molecular complexity index is 427. The standard InChI is InChI=1S/C12H14BrNO2S/c13-10-6-12(17-9-10)7-14-3-5-15-8-11-2-1-4-16-11/h1-2,4,6,9,14H,3,5,7-8H2. The Morgan fingerprint density at radius 3 is 3.12 bits per heavy atom. The quantitative estimate of drug-likeness (QED) is 0.795. The molecule has 5 heteroatoms. The highest BCUT2D eigenvalue weighted by molar-refractivity contribution is 9.10. The molecule has 92 valence electrons. The molecule has 0 spiro atoms. The molecule has 0 aliphatic rings. The van der Waals surface area contributed by atoms with Crippen LogP contribution in [-0.2, 0) is 17.9 Å². The van der Waals surface area contributed by atoms with E-state index in [-0.39, 0.29) is 0 Å². The van der Waals surface area contributed by atoms with Crippen molar-refractivity contribution in [3.63, 3.8) is 0 Å². The molecule has 0 atom stereocenters. The predicted octanol–water partition coefficient (Wildman–Crippen LogP) is 3.41. The molecule has 2 heterocycles. The minimum atomic E-state index is 0.541. The van der Waals surface area contributed by atoms with Crippen LogP contribution >= 0.6 is 27.3 Å². The van der Waals surface area contributed by atoms with E-state index in [4.69, 9.17) is 9.15 Å². The van der Waals surface area contributed by atoms with Gasteiger partial charge in [0.25, 0.3) is 0 Å². The summed E-state index contributed by atoms with van der Waals surface area (Å²) < 4.78 is 11.8. The Morgan fingerprint density at radius 1 is 1.47 bits per heavy atom. The molecule has 0 saturated heterocycles. The first-order valence-corrected chi connectivity index (χ1v) is 7.05. The van der Waals surface area contributed by atoms with Crippen molar-refractivity contribution in [3.05, 3.63) is 45.0 Å². The lowest BCUT2D eigenvalue weighted by Gasteiger charge is -2.03. The van der Waals surface area contributed by atoms with Gasteiger partial charge in [0.15, 0.2) is 0 Å². The van der Waals surface area contributed by atoms with E-state index in [1.54, 1.807) is 17.6 Å². The molecule has 0 radical (unpaired) electrons. The Labute approximate surface area is 113 Å². The van der Waals surface area contributed by atoms with Crippen LogP contribution in [0.1, 0.15) is 10.6 Å². The first-order chi connectivity index (χ1) is 8.34. The molecule has 3 nitrogen and oxygen atoms in total. The Kier molecular flexibility index (Phi) is 5.25. The van der Waals surface area contributed by atoms with E-state index in [0.29, 0.717) is 13.2 Å². The van der Waals surface area contributed by atoms with Crippen LogP contribution in [0.5, 0.6) is 0 Å². The molecule has 0 aliphatic heterocycles. The lowest BCUT2D eigenvalue weighted by molar-refractivity contribution is 0.108. The smallest absolute Gasteiger partial charge is 0.129 e. The van der Waals surface area contributed by atoms with Crippen LogP contribution in [0.4, 0.5) is 0 Å². The molecular formula is C12H14BrNO2S. The van der Waals surface area contributed by atoms with Crippen LogP contribution in [-0.4, -0.2) is 13.2 Å². The highest BCUT2D eigenvalue weighted by Gasteiger charge is 1.97. The summed E-state index contributed by atoms with van der Waals surface area (Å²) in [5.74, 6) is 0.868. The molecule has 0 aliphatic carbocycles. The van der Waals surface area contributed by atoms with Crippen molar-refractivity contribution in [2.45, 2.75) is 13.2 Å². The first kappa shape index (κ1) is 12.8. The van der Waals surface area contributed by atoms with E-state index in [0.717, 1.165) is 23.3 Å². The van der Waals surface area contributed by atoms with Crippen LogP contribution in [0.25, 0.3) is 0 Å².